The fraction of sp³-hybridized carbons (Fsp3) is 0.462. The third-order valence-electron chi connectivity index (χ3n) is 3.23. The Balaban J connectivity index is 2.37. The summed E-state index contributed by atoms with van der Waals surface area (Å²) in [5.41, 5.74) is 1.02. The fourth-order valence-electron chi connectivity index (χ4n) is 2.35. The summed E-state index contributed by atoms with van der Waals surface area (Å²) < 4.78 is 10.6. The number of amides is 1. The van der Waals surface area contributed by atoms with E-state index < -0.39 is 0 Å². The number of benzene rings is 1. The van der Waals surface area contributed by atoms with Crippen LogP contribution in [0.25, 0.3) is 0 Å². The van der Waals surface area contributed by atoms with Crippen molar-refractivity contribution in [2.24, 2.45) is 0 Å². The molecule has 2 rings (SSSR count). The number of nitrogens with zero attached hydrogens (tertiary/aromatic N) is 1. The van der Waals surface area contributed by atoms with Crippen molar-refractivity contribution in [1.82, 2.24) is 4.90 Å². The van der Waals surface area contributed by atoms with Crippen LogP contribution in [0, 0.1) is 0 Å². The highest BCUT2D eigenvalue weighted by molar-refractivity contribution is 5.52. The normalized spacial score (nSPS) is 19.2. The van der Waals surface area contributed by atoms with E-state index >= 15 is 0 Å². The van der Waals surface area contributed by atoms with E-state index in [2.05, 4.69) is 0 Å². The van der Waals surface area contributed by atoms with E-state index in [1.54, 1.807) is 14.2 Å². The highest BCUT2D eigenvalue weighted by Crippen LogP contribution is 2.37. The van der Waals surface area contributed by atoms with Gasteiger partial charge in [-0.3, -0.25) is 4.79 Å². The van der Waals surface area contributed by atoms with Crippen LogP contribution in [0.2, 0.25) is 0 Å². The molecule has 1 fully saturated rings. The SMILES string of the molecule is COc1ccc(OC)c([C@H]2CCCN2C=O)c1. The van der Waals surface area contributed by atoms with Gasteiger partial charge in [0.15, 0.2) is 0 Å². The monoisotopic (exact) mass is 235 g/mol. The lowest BCUT2D eigenvalue weighted by Crippen LogP contribution is -2.21. The molecule has 1 aliphatic rings. The molecule has 1 aliphatic heterocycles. The third kappa shape index (κ3) is 2.20. The molecule has 1 saturated heterocycles. The number of likely N-dealkylation sites (tertiary alicyclic amines) is 1. The van der Waals surface area contributed by atoms with Gasteiger partial charge in [-0.25, -0.2) is 0 Å². The van der Waals surface area contributed by atoms with E-state index in [9.17, 15) is 4.79 Å². The summed E-state index contributed by atoms with van der Waals surface area (Å²) in [6, 6.07) is 5.81. The number of carbonyl (C=O) groups is 1. The molecule has 0 aromatic heterocycles. The highest BCUT2D eigenvalue weighted by Gasteiger charge is 2.27. The Kier molecular flexibility index (Phi) is 3.52. The number of rotatable bonds is 4. The second-order valence-corrected chi connectivity index (χ2v) is 4.11. The molecular weight excluding hydrogens is 218 g/mol. The molecule has 17 heavy (non-hydrogen) atoms. The number of hydrogen-bond acceptors (Lipinski definition) is 3. The number of methoxy groups -OCH3 is 2. The van der Waals surface area contributed by atoms with Crippen molar-refractivity contribution < 1.29 is 14.3 Å². The minimum Gasteiger partial charge on any atom is -0.497 e. The summed E-state index contributed by atoms with van der Waals surface area (Å²) >= 11 is 0. The molecule has 0 aliphatic carbocycles. The standard InChI is InChI=1S/C13H17NO3/c1-16-10-5-6-13(17-2)11(8-10)12-4-3-7-14(12)9-15/h5-6,8-9,12H,3-4,7H2,1-2H3/t12-/m1/s1. The first-order valence-corrected chi connectivity index (χ1v) is 5.73. The molecule has 1 amide bonds. The molecule has 1 atom stereocenters. The Morgan fingerprint density at radius 2 is 2.18 bits per heavy atom. The van der Waals surface area contributed by atoms with E-state index in [0.717, 1.165) is 42.9 Å². The second-order valence-electron chi connectivity index (χ2n) is 4.11. The molecule has 4 heteroatoms. The van der Waals surface area contributed by atoms with Gasteiger partial charge in [-0.05, 0) is 31.0 Å². The average Bonchev–Trinajstić information content (AvgIpc) is 2.86. The maximum atomic E-state index is 11.0. The molecule has 1 aromatic rings. The quantitative estimate of drug-likeness (QED) is 0.749. The first kappa shape index (κ1) is 11.8. The van der Waals surface area contributed by atoms with Crippen molar-refractivity contribution >= 4 is 6.41 Å². The number of carbonyl (C=O) groups excluding carboxylic acids is 1. The van der Waals surface area contributed by atoms with Crippen LogP contribution in [0.1, 0.15) is 24.4 Å². The lowest BCUT2D eigenvalue weighted by atomic mass is 10.0. The van der Waals surface area contributed by atoms with Gasteiger partial charge in [0.25, 0.3) is 0 Å². The van der Waals surface area contributed by atoms with Crippen LogP contribution in [0.15, 0.2) is 18.2 Å². The molecule has 0 unspecified atom stereocenters. The average molecular weight is 235 g/mol. The topological polar surface area (TPSA) is 38.8 Å². The Bertz CT molecular complexity index is 406. The summed E-state index contributed by atoms with van der Waals surface area (Å²) in [4.78, 5) is 12.8. The van der Waals surface area contributed by atoms with Crippen molar-refractivity contribution in [3.05, 3.63) is 23.8 Å². The molecular formula is C13H17NO3. The van der Waals surface area contributed by atoms with Crippen LogP contribution in [0.3, 0.4) is 0 Å². The molecule has 0 radical (unpaired) electrons. The van der Waals surface area contributed by atoms with Crippen molar-refractivity contribution in [3.63, 3.8) is 0 Å². The summed E-state index contributed by atoms with van der Waals surface area (Å²) in [5, 5.41) is 0. The van der Waals surface area contributed by atoms with Gasteiger partial charge in [-0.1, -0.05) is 0 Å². The van der Waals surface area contributed by atoms with Crippen molar-refractivity contribution in [1.29, 1.82) is 0 Å². The zero-order chi connectivity index (χ0) is 12.3. The van der Waals surface area contributed by atoms with E-state index in [-0.39, 0.29) is 6.04 Å². The van der Waals surface area contributed by atoms with Gasteiger partial charge in [0.2, 0.25) is 6.41 Å². The first-order chi connectivity index (χ1) is 8.30. The molecule has 4 nitrogen and oxygen atoms in total. The van der Waals surface area contributed by atoms with Gasteiger partial charge in [0.05, 0.1) is 20.3 Å². The fourth-order valence-corrected chi connectivity index (χ4v) is 2.35. The number of hydrogen-bond donors (Lipinski definition) is 0. The van der Waals surface area contributed by atoms with Crippen LogP contribution in [0.5, 0.6) is 11.5 Å². The van der Waals surface area contributed by atoms with Crippen LogP contribution in [-0.4, -0.2) is 32.1 Å². The summed E-state index contributed by atoms with van der Waals surface area (Å²) in [7, 11) is 3.28. The predicted molar refractivity (Wildman–Crippen MR) is 64.3 cm³/mol. The summed E-state index contributed by atoms with van der Waals surface area (Å²) in [5.74, 6) is 1.60. The smallest absolute Gasteiger partial charge is 0.210 e. The van der Waals surface area contributed by atoms with Crippen LogP contribution in [0.4, 0.5) is 0 Å². The molecule has 1 heterocycles. The molecule has 0 saturated carbocycles. The molecule has 92 valence electrons. The van der Waals surface area contributed by atoms with Crippen LogP contribution >= 0.6 is 0 Å². The Morgan fingerprint density at radius 3 is 2.82 bits per heavy atom. The van der Waals surface area contributed by atoms with Crippen molar-refractivity contribution in [2.45, 2.75) is 18.9 Å². The number of ether oxygens (including phenoxy) is 2. The van der Waals surface area contributed by atoms with Gasteiger partial charge >= 0.3 is 0 Å². The van der Waals surface area contributed by atoms with Gasteiger partial charge in [-0.15, -0.1) is 0 Å². The summed E-state index contributed by atoms with van der Waals surface area (Å²) in [6.07, 6.45) is 2.92. The van der Waals surface area contributed by atoms with E-state index in [0.29, 0.717) is 0 Å². The molecule has 0 spiro atoms. The van der Waals surface area contributed by atoms with E-state index in [4.69, 9.17) is 9.47 Å². The Hall–Kier alpha value is -1.71. The Labute approximate surface area is 101 Å². The molecule has 0 N–H and O–H groups in total. The maximum absolute atomic E-state index is 11.0. The van der Waals surface area contributed by atoms with Crippen molar-refractivity contribution in [2.75, 3.05) is 20.8 Å². The first-order valence-electron chi connectivity index (χ1n) is 5.73. The minimum absolute atomic E-state index is 0.109. The highest BCUT2D eigenvalue weighted by atomic mass is 16.5. The molecule has 0 bridgehead atoms. The summed E-state index contributed by atoms with van der Waals surface area (Å²) in [6.45, 7) is 0.814. The maximum Gasteiger partial charge on any atom is 0.210 e. The minimum atomic E-state index is 0.109. The molecule has 1 aromatic carbocycles. The Morgan fingerprint density at radius 1 is 1.35 bits per heavy atom. The zero-order valence-electron chi connectivity index (χ0n) is 10.2. The lowest BCUT2D eigenvalue weighted by molar-refractivity contribution is -0.118. The predicted octanol–water partition coefficient (Wildman–Crippen LogP) is 2.00. The second kappa shape index (κ2) is 5.08. The lowest BCUT2D eigenvalue weighted by Gasteiger charge is -2.22. The van der Waals surface area contributed by atoms with E-state index in [1.165, 1.54) is 0 Å². The van der Waals surface area contributed by atoms with Crippen LogP contribution < -0.4 is 9.47 Å². The van der Waals surface area contributed by atoms with Gasteiger partial charge in [0.1, 0.15) is 11.5 Å². The largest absolute Gasteiger partial charge is 0.497 e. The van der Waals surface area contributed by atoms with Gasteiger partial charge in [0, 0.05) is 12.1 Å². The van der Waals surface area contributed by atoms with Crippen LogP contribution in [-0.2, 0) is 4.79 Å². The van der Waals surface area contributed by atoms with E-state index in [1.807, 2.05) is 23.1 Å². The third-order valence-corrected chi connectivity index (χ3v) is 3.23. The zero-order valence-corrected chi connectivity index (χ0v) is 10.2. The van der Waals surface area contributed by atoms with Crippen molar-refractivity contribution in [3.8, 4) is 11.5 Å². The van der Waals surface area contributed by atoms with Gasteiger partial charge < -0.3 is 14.4 Å². The van der Waals surface area contributed by atoms with Gasteiger partial charge in [-0.2, -0.15) is 0 Å².